The number of rotatable bonds is 13. The van der Waals surface area contributed by atoms with Crippen molar-refractivity contribution in [2.24, 2.45) is 0 Å². The molecule has 0 spiro atoms. The Balaban J connectivity index is 1.64. The minimum Gasteiger partial charge on any atom is -0.268 e. The molecule has 5 nitrogen and oxygen atoms in total. The van der Waals surface area contributed by atoms with E-state index in [2.05, 4.69) is 12.3 Å². The second kappa shape index (κ2) is 13.4. The second-order valence-corrected chi connectivity index (χ2v) is 8.48. The summed E-state index contributed by atoms with van der Waals surface area (Å²) in [5.41, 5.74) is 4.08. The molecule has 0 saturated heterocycles. The highest BCUT2D eigenvalue weighted by Crippen LogP contribution is 2.13. The van der Waals surface area contributed by atoms with Crippen molar-refractivity contribution in [1.82, 2.24) is 9.66 Å². The second-order valence-electron chi connectivity index (χ2n) is 8.48. The smallest absolute Gasteiger partial charge is 0.268 e. The predicted octanol–water partition coefficient (Wildman–Crippen LogP) is 6.25. The van der Waals surface area contributed by atoms with Crippen LogP contribution in [0.3, 0.4) is 0 Å². The summed E-state index contributed by atoms with van der Waals surface area (Å²) in [6.45, 7) is 2.24. The van der Waals surface area contributed by atoms with E-state index >= 15 is 0 Å². The summed E-state index contributed by atoms with van der Waals surface area (Å²) in [4.78, 5) is 30.4. The number of para-hydroxylation sites is 1. The highest BCUT2D eigenvalue weighted by molar-refractivity contribution is 5.97. The maximum absolute atomic E-state index is 13.1. The maximum Gasteiger partial charge on any atom is 0.280 e. The molecule has 33 heavy (non-hydrogen) atoms. The standard InChI is InChI=1S/C28H35N3O2/c1-2-3-4-5-6-7-8-9-13-20-26-29-25-19-15-14-18-24(25)28(33)31(26)30-27(32)22-21-23-16-11-10-12-17-23/h10-12,14-19,21-22H,2-9,13,20H2,1H3,(H,30,32)/b22-21+. The molecule has 3 rings (SSSR count). The van der Waals surface area contributed by atoms with Crippen LogP contribution < -0.4 is 11.0 Å². The Bertz CT molecular complexity index is 1100. The monoisotopic (exact) mass is 445 g/mol. The van der Waals surface area contributed by atoms with Crippen LogP contribution >= 0.6 is 0 Å². The number of aromatic nitrogens is 2. The van der Waals surface area contributed by atoms with Gasteiger partial charge in [-0.2, -0.15) is 0 Å². The van der Waals surface area contributed by atoms with Crippen molar-refractivity contribution in [3.05, 3.63) is 82.4 Å². The van der Waals surface area contributed by atoms with Crippen molar-refractivity contribution in [3.63, 3.8) is 0 Å². The minimum atomic E-state index is -0.355. The third-order valence-electron chi connectivity index (χ3n) is 5.80. The van der Waals surface area contributed by atoms with Gasteiger partial charge in [0, 0.05) is 12.5 Å². The first-order valence-electron chi connectivity index (χ1n) is 12.2. The molecule has 0 saturated carbocycles. The number of unbranched alkanes of at least 4 members (excludes halogenated alkanes) is 8. The molecular formula is C28H35N3O2. The van der Waals surface area contributed by atoms with E-state index < -0.39 is 0 Å². The molecule has 3 aromatic rings. The van der Waals surface area contributed by atoms with Gasteiger partial charge in [0.15, 0.2) is 0 Å². The van der Waals surface area contributed by atoms with Crippen LogP contribution in [0.15, 0.2) is 65.5 Å². The summed E-state index contributed by atoms with van der Waals surface area (Å²) in [6, 6.07) is 16.9. The largest absolute Gasteiger partial charge is 0.280 e. The lowest BCUT2D eigenvalue weighted by molar-refractivity contribution is -0.112. The van der Waals surface area contributed by atoms with Gasteiger partial charge in [-0.05, 0) is 30.2 Å². The molecule has 0 aliphatic heterocycles. The molecule has 0 aliphatic rings. The molecule has 1 aromatic heterocycles. The first-order chi connectivity index (χ1) is 16.2. The summed E-state index contributed by atoms with van der Waals surface area (Å²) in [7, 11) is 0. The number of nitrogens with zero attached hydrogens (tertiary/aromatic N) is 2. The molecule has 1 heterocycles. The normalized spacial score (nSPS) is 11.3. The highest BCUT2D eigenvalue weighted by Gasteiger charge is 2.12. The summed E-state index contributed by atoms with van der Waals surface area (Å²) in [5.74, 6) is 0.245. The van der Waals surface area contributed by atoms with Gasteiger partial charge in [-0.25, -0.2) is 9.66 Å². The lowest BCUT2D eigenvalue weighted by Gasteiger charge is -2.13. The summed E-state index contributed by atoms with van der Waals surface area (Å²) in [6.07, 6.45) is 14.9. The Hall–Kier alpha value is -3.21. The molecule has 0 aliphatic carbocycles. The molecule has 5 heteroatoms. The molecule has 1 N–H and O–H groups in total. The zero-order valence-electron chi connectivity index (χ0n) is 19.6. The van der Waals surface area contributed by atoms with E-state index in [9.17, 15) is 9.59 Å². The molecular weight excluding hydrogens is 410 g/mol. The van der Waals surface area contributed by atoms with Gasteiger partial charge in [0.05, 0.1) is 10.9 Å². The van der Waals surface area contributed by atoms with E-state index in [1.165, 1.54) is 55.7 Å². The van der Waals surface area contributed by atoms with E-state index in [4.69, 9.17) is 4.98 Å². The quantitative estimate of drug-likeness (QED) is 0.250. The number of amides is 1. The average Bonchev–Trinajstić information content (AvgIpc) is 2.84. The van der Waals surface area contributed by atoms with Crippen LogP contribution in [0, 0.1) is 0 Å². The van der Waals surface area contributed by atoms with Crippen LogP contribution in [0.25, 0.3) is 17.0 Å². The average molecular weight is 446 g/mol. The van der Waals surface area contributed by atoms with E-state index in [1.807, 2.05) is 48.5 Å². The number of carbonyl (C=O) groups excluding carboxylic acids is 1. The van der Waals surface area contributed by atoms with Gasteiger partial charge in [0.2, 0.25) is 0 Å². The molecule has 2 aromatic carbocycles. The van der Waals surface area contributed by atoms with E-state index in [0.717, 1.165) is 18.4 Å². The molecule has 0 fully saturated rings. The van der Waals surface area contributed by atoms with Gasteiger partial charge in [0.1, 0.15) is 5.82 Å². The fourth-order valence-corrected chi connectivity index (χ4v) is 3.94. The maximum atomic E-state index is 13.1. The number of hydrogen-bond acceptors (Lipinski definition) is 3. The Kier molecular flexibility index (Phi) is 9.89. The van der Waals surface area contributed by atoms with Crippen molar-refractivity contribution in [2.75, 3.05) is 5.43 Å². The molecule has 0 bridgehead atoms. The molecule has 0 atom stereocenters. The first-order valence-corrected chi connectivity index (χ1v) is 12.2. The molecule has 1 amide bonds. The van der Waals surface area contributed by atoms with E-state index in [1.54, 1.807) is 12.1 Å². The molecule has 0 radical (unpaired) electrons. The summed E-state index contributed by atoms with van der Waals surface area (Å²) in [5, 5.41) is 0.501. The van der Waals surface area contributed by atoms with Crippen LogP contribution in [0.1, 0.15) is 76.1 Å². The van der Waals surface area contributed by atoms with Crippen molar-refractivity contribution in [1.29, 1.82) is 0 Å². The third-order valence-corrected chi connectivity index (χ3v) is 5.80. The Labute approximate surface area is 196 Å². The van der Waals surface area contributed by atoms with E-state index in [-0.39, 0.29) is 11.5 Å². The zero-order chi connectivity index (χ0) is 23.3. The molecule has 174 valence electrons. The Morgan fingerprint density at radius 1 is 0.879 bits per heavy atom. The fraction of sp³-hybridized carbons (Fsp3) is 0.393. The lowest BCUT2D eigenvalue weighted by Crippen LogP contribution is -2.35. The summed E-state index contributed by atoms with van der Waals surface area (Å²) >= 11 is 0. The van der Waals surface area contributed by atoms with Crippen LogP contribution in [0.4, 0.5) is 0 Å². The van der Waals surface area contributed by atoms with Gasteiger partial charge < -0.3 is 0 Å². The zero-order valence-corrected chi connectivity index (χ0v) is 19.6. The van der Waals surface area contributed by atoms with Crippen LogP contribution in [-0.4, -0.2) is 15.6 Å². The van der Waals surface area contributed by atoms with Crippen molar-refractivity contribution >= 4 is 22.9 Å². The van der Waals surface area contributed by atoms with Crippen LogP contribution in [0.2, 0.25) is 0 Å². The Morgan fingerprint density at radius 3 is 2.24 bits per heavy atom. The van der Waals surface area contributed by atoms with Crippen molar-refractivity contribution in [2.45, 2.75) is 71.1 Å². The lowest BCUT2D eigenvalue weighted by atomic mass is 10.1. The Morgan fingerprint density at radius 2 is 1.52 bits per heavy atom. The van der Waals surface area contributed by atoms with Crippen LogP contribution in [-0.2, 0) is 11.2 Å². The van der Waals surface area contributed by atoms with Crippen molar-refractivity contribution < 1.29 is 4.79 Å². The summed E-state index contributed by atoms with van der Waals surface area (Å²) < 4.78 is 1.32. The van der Waals surface area contributed by atoms with Gasteiger partial charge >= 0.3 is 0 Å². The molecule has 0 unspecified atom stereocenters. The van der Waals surface area contributed by atoms with Gasteiger partial charge in [-0.15, -0.1) is 0 Å². The van der Waals surface area contributed by atoms with Gasteiger partial charge in [-0.3, -0.25) is 15.0 Å². The SMILES string of the molecule is CCCCCCCCCCCc1nc2ccccc2c(=O)n1NC(=O)/C=C/c1ccccc1. The topological polar surface area (TPSA) is 64.0 Å². The number of nitrogens with one attached hydrogen (secondary N) is 1. The number of carbonyl (C=O) groups is 1. The first kappa shape index (κ1) is 24.4. The van der Waals surface area contributed by atoms with Gasteiger partial charge in [0.25, 0.3) is 11.5 Å². The highest BCUT2D eigenvalue weighted by atomic mass is 16.2. The third kappa shape index (κ3) is 7.70. The number of benzene rings is 2. The minimum absolute atomic E-state index is 0.243. The number of fused-ring (bicyclic) bond motifs is 1. The van der Waals surface area contributed by atoms with Crippen LogP contribution in [0.5, 0.6) is 0 Å². The predicted molar refractivity (Wildman–Crippen MR) is 137 cm³/mol. The van der Waals surface area contributed by atoms with Gasteiger partial charge in [-0.1, -0.05) is 101 Å². The fourth-order valence-electron chi connectivity index (χ4n) is 3.94. The number of aryl methyl sites for hydroxylation is 1. The van der Waals surface area contributed by atoms with Crippen molar-refractivity contribution in [3.8, 4) is 0 Å². The number of hydrogen-bond donors (Lipinski definition) is 1. The van der Waals surface area contributed by atoms with E-state index in [0.29, 0.717) is 23.1 Å².